The van der Waals surface area contributed by atoms with E-state index < -0.39 is 6.04 Å². The largest absolute Gasteiger partial charge is 0.509 e. The summed E-state index contributed by atoms with van der Waals surface area (Å²) in [5, 5.41) is 19.9. The van der Waals surface area contributed by atoms with Gasteiger partial charge in [-0.2, -0.15) is 0 Å². The molecule has 0 spiro atoms. The number of benzene rings is 2. The summed E-state index contributed by atoms with van der Waals surface area (Å²) in [5.74, 6) is 1.54. The third-order valence-corrected chi connectivity index (χ3v) is 5.00. The maximum Gasteiger partial charge on any atom is 0.145 e. The Morgan fingerprint density at radius 3 is 2.57 bits per heavy atom. The molecule has 0 fully saturated rings. The van der Waals surface area contributed by atoms with Crippen LogP contribution in [0.5, 0.6) is 0 Å². The van der Waals surface area contributed by atoms with Crippen molar-refractivity contribution in [3.8, 4) is 0 Å². The fourth-order valence-corrected chi connectivity index (χ4v) is 3.70. The average molecular weight is 370 g/mol. The lowest BCUT2D eigenvalue weighted by Gasteiger charge is -2.26. The zero-order valence-corrected chi connectivity index (χ0v) is 15.0. The number of aliphatic hydroxyl groups excluding tert-OH is 1. The van der Waals surface area contributed by atoms with Gasteiger partial charge in [-0.05, 0) is 29.8 Å². The maximum atomic E-state index is 11.2. The molecule has 28 heavy (non-hydrogen) atoms. The standard InChI is InChI=1S/C22H18N4O2/c23-21-18(22-24-16-10-4-5-11-17(16)25-22)20(27)19(14-7-2-1-3-8-14)26(21)13-15-9-6-12-28-15/h1-12,19,23,27H,13H2,(H,24,25). The van der Waals surface area contributed by atoms with Crippen LogP contribution in [0.15, 0.2) is 83.2 Å². The molecule has 0 bridgehead atoms. The lowest BCUT2D eigenvalue weighted by molar-refractivity contribution is 0.256. The highest BCUT2D eigenvalue weighted by Crippen LogP contribution is 2.41. The third kappa shape index (κ3) is 2.58. The van der Waals surface area contributed by atoms with Gasteiger partial charge in [-0.3, -0.25) is 5.41 Å². The summed E-state index contributed by atoms with van der Waals surface area (Å²) in [5.41, 5.74) is 2.98. The molecule has 6 nitrogen and oxygen atoms in total. The van der Waals surface area contributed by atoms with Gasteiger partial charge >= 0.3 is 0 Å². The zero-order chi connectivity index (χ0) is 19.1. The quantitative estimate of drug-likeness (QED) is 0.487. The molecule has 5 rings (SSSR count). The Morgan fingerprint density at radius 1 is 1.04 bits per heavy atom. The predicted molar refractivity (Wildman–Crippen MR) is 107 cm³/mol. The van der Waals surface area contributed by atoms with E-state index >= 15 is 0 Å². The van der Waals surface area contributed by atoms with Gasteiger partial charge in [-0.1, -0.05) is 42.5 Å². The number of imidazole rings is 1. The van der Waals surface area contributed by atoms with E-state index in [1.807, 2.05) is 71.6 Å². The number of para-hydroxylation sites is 2. The zero-order valence-electron chi connectivity index (χ0n) is 15.0. The lowest BCUT2D eigenvalue weighted by atomic mass is 10.0. The number of hydrogen-bond acceptors (Lipinski definition) is 4. The van der Waals surface area contributed by atoms with E-state index in [-0.39, 0.29) is 11.6 Å². The summed E-state index contributed by atoms with van der Waals surface area (Å²) in [4.78, 5) is 9.65. The van der Waals surface area contributed by atoms with Crippen LogP contribution >= 0.6 is 0 Å². The first kappa shape index (κ1) is 16.4. The number of aromatic amines is 1. The van der Waals surface area contributed by atoms with Gasteiger partial charge in [0.1, 0.15) is 29.2 Å². The molecule has 3 N–H and O–H groups in total. The number of fused-ring (bicyclic) bond motifs is 1. The number of rotatable bonds is 4. The van der Waals surface area contributed by atoms with Crippen LogP contribution in [0.25, 0.3) is 16.6 Å². The molecule has 3 heterocycles. The van der Waals surface area contributed by atoms with Crippen LogP contribution in [0, 0.1) is 5.41 Å². The Kier molecular flexibility index (Phi) is 3.76. The van der Waals surface area contributed by atoms with Gasteiger partial charge in [0, 0.05) is 0 Å². The van der Waals surface area contributed by atoms with E-state index in [0.717, 1.165) is 22.4 Å². The second kappa shape index (κ2) is 6.42. The molecular weight excluding hydrogens is 352 g/mol. The summed E-state index contributed by atoms with van der Waals surface area (Å²) >= 11 is 0. The van der Waals surface area contributed by atoms with Crippen LogP contribution in [0.2, 0.25) is 0 Å². The number of furan rings is 1. The molecule has 1 aliphatic heterocycles. The minimum Gasteiger partial charge on any atom is -0.509 e. The third-order valence-electron chi connectivity index (χ3n) is 5.00. The van der Waals surface area contributed by atoms with Crippen molar-refractivity contribution in [1.82, 2.24) is 14.9 Å². The van der Waals surface area contributed by atoms with Crippen molar-refractivity contribution in [1.29, 1.82) is 5.41 Å². The molecule has 1 aliphatic rings. The summed E-state index contributed by atoms with van der Waals surface area (Å²) in [7, 11) is 0. The molecule has 6 heteroatoms. The summed E-state index contributed by atoms with van der Waals surface area (Å²) in [6.45, 7) is 0.374. The van der Waals surface area contributed by atoms with Crippen molar-refractivity contribution in [3.63, 3.8) is 0 Å². The number of nitrogens with zero attached hydrogens (tertiary/aromatic N) is 2. The fourth-order valence-electron chi connectivity index (χ4n) is 3.70. The Labute approximate surface area is 161 Å². The smallest absolute Gasteiger partial charge is 0.145 e. The van der Waals surface area contributed by atoms with Crippen LogP contribution < -0.4 is 0 Å². The van der Waals surface area contributed by atoms with Gasteiger partial charge in [0.15, 0.2) is 0 Å². The van der Waals surface area contributed by atoms with Crippen molar-refractivity contribution in [2.75, 3.05) is 0 Å². The Bertz CT molecular complexity index is 1140. The number of aromatic nitrogens is 2. The summed E-state index contributed by atoms with van der Waals surface area (Å²) in [6, 6.07) is 20.6. The molecule has 0 amide bonds. The highest BCUT2D eigenvalue weighted by molar-refractivity contribution is 6.23. The van der Waals surface area contributed by atoms with Crippen LogP contribution in [0.3, 0.4) is 0 Å². The maximum absolute atomic E-state index is 11.2. The van der Waals surface area contributed by atoms with Crippen molar-refractivity contribution >= 4 is 22.4 Å². The summed E-state index contributed by atoms with van der Waals surface area (Å²) in [6.07, 6.45) is 1.61. The molecule has 0 saturated heterocycles. The van der Waals surface area contributed by atoms with Gasteiger partial charge in [0.05, 0.1) is 29.4 Å². The number of amidine groups is 1. The fraction of sp³-hybridized carbons (Fsp3) is 0.0909. The van der Waals surface area contributed by atoms with Crippen molar-refractivity contribution in [2.45, 2.75) is 12.6 Å². The normalized spacial score (nSPS) is 17.1. The second-order valence-corrected chi connectivity index (χ2v) is 6.73. The second-order valence-electron chi connectivity index (χ2n) is 6.73. The van der Waals surface area contributed by atoms with Crippen LogP contribution in [-0.2, 0) is 6.54 Å². The molecule has 0 saturated carbocycles. The minimum absolute atomic E-state index is 0.113. The molecule has 4 aromatic rings. The monoisotopic (exact) mass is 370 g/mol. The highest BCUT2D eigenvalue weighted by Gasteiger charge is 2.40. The van der Waals surface area contributed by atoms with E-state index in [9.17, 15) is 5.11 Å². The first-order chi connectivity index (χ1) is 13.7. The van der Waals surface area contributed by atoms with Crippen LogP contribution in [-0.4, -0.2) is 25.8 Å². The number of hydrogen-bond donors (Lipinski definition) is 3. The molecular formula is C22H18N4O2. The molecule has 0 aliphatic carbocycles. The highest BCUT2D eigenvalue weighted by atomic mass is 16.3. The van der Waals surface area contributed by atoms with Gasteiger partial charge in [0.25, 0.3) is 0 Å². The number of nitrogens with one attached hydrogen (secondary N) is 2. The Balaban J connectivity index is 1.63. The van der Waals surface area contributed by atoms with Gasteiger partial charge in [0.2, 0.25) is 0 Å². The van der Waals surface area contributed by atoms with Crippen molar-refractivity contribution < 1.29 is 9.52 Å². The van der Waals surface area contributed by atoms with E-state index in [2.05, 4.69) is 9.97 Å². The molecule has 1 unspecified atom stereocenters. The molecule has 0 radical (unpaired) electrons. The SMILES string of the molecule is N=C1C(c2nc3ccccc3[nH]2)=C(O)C(c2ccccc2)N1Cc1ccco1. The first-order valence-electron chi connectivity index (χ1n) is 9.03. The molecule has 2 aromatic carbocycles. The average Bonchev–Trinajstić information content (AvgIpc) is 3.42. The Hall–Kier alpha value is -3.80. The minimum atomic E-state index is -0.470. The molecule has 138 valence electrons. The molecule has 2 aromatic heterocycles. The summed E-state index contributed by atoms with van der Waals surface area (Å²) < 4.78 is 5.49. The molecule has 1 atom stereocenters. The predicted octanol–water partition coefficient (Wildman–Crippen LogP) is 4.66. The van der Waals surface area contributed by atoms with Crippen LogP contribution in [0.4, 0.5) is 0 Å². The first-order valence-corrected chi connectivity index (χ1v) is 9.03. The number of H-pyrrole nitrogens is 1. The van der Waals surface area contributed by atoms with E-state index in [4.69, 9.17) is 9.83 Å². The van der Waals surface area contributed by atoms with Gasteiger partial charge in [-0.15, -0.1) is 0 Å². The van der Waals surface area contributed by atoms with E-state index in [0.29, 0.717) is 17.9 Å². The van der Waals surface area contributed by atoms with Crippen molar-refractivity contribution in [2.24, 2.45) is 0 Å². The Morgan fingerprint density at radius 2 is 1.82 bits per heavy atom. The topological polar surface area (TPSA) is 89.1 Å². The van der Waals surface area contributed by atoms with Crippen molar-refractivity contribution in [3.05, 3.63) is 95.9 Å². The van der Waals surface area contributed by atoms with Gasteiger partial charge in [-0.25, -0.2) is 4.98 Å². The van der Waals surface area contributed by atoms with Crippen LogP contribution in [0.1, 0.15) is 23.2 Å². The van der Waals surface area contributed by atoms with E-state index in [1.165, 1.54) is 0 Å². The van der Waals surface area contributed by atoms with E-state index in [1.54, 1.807) is 6.26 Å². The van der Waals surface area contributed by atoms with Gasteiger partial charge < -0.3 is 19.4 Å². The lowest BCUT2D eigenvalue weighted by Crippen LogP contribution is -2.29. The number of aliphatic hydroxyl groups is 1.